The Morgan fingerprint density at radius 1 is 1.03 bits per heavy atom. The zero-order valence-corrected chi connectivity index (χ0v) is 18.8. The number of aryl methyl sites for hydroxylation is 1. The highest BCUT2D eigenvalue weighted by molar-refractivity contribution is 8.18. The van der Waals surface area contributed by atoms with E-state index >= 15 is 0 Å². The minimum atomic E-state index is -0.280. The maximum atomic E-state index is 12.8. The predicted octanol–water partition coefficient (Wildman–Crippen LogP) is 5.12. The van der Waals surface area contributed by atoms with Gasteiger partial charge in [0.15, 0.2) is 0 Å². The first-order valence-corrected chi connectivity index (χ1v) is 11.2. The van der Waals surface area contributed by atoms with Gasteiger partial charge in [-0.25, -0.2) is 0 Å². The van der Waals surface area contributed by atoms with Crippen LogP contribution in [-0.2, 0) is 4.79 Å². The quantitative estimate of drug-likeness (QED) is 0.591. The van der Waals surface area contributed by atoms with Crippen molar-refractivity contribution in [2.24, 2.45) is 0 Å². The Balaban J connectivity index is 1.40. The summed E-state index contributed by atoms with van der Waals surface area (Å²) in [6.45, 7) is 5.71. The van der Waals surface area contributed by atoms with Crippen LogP contribution < -0.4 is 4.90 Å². The van der Waals surface area contributed by atoms with Gasteiger partial charge in [-0.2, -0.15) is 0 Å². The molecular formula is C22H21Cl2N3O2S. The first-order valence-electron chi connectivity index (χ1n) is 9.66. The van der Waals surface area contributed by atoms with Crippen molar-refractivity contribution in [3.05, 3.63) is 68.5 Å². The first kappa shape index (κ1) is 21.2. The Bertz CT molecular complexity index is 1020. The summed E-state index contributed by atoms with van der Waals surface area (Å²) < 4.78 is 0. The van der Waals surface area contributed by atoms with Crippen LogP contribution in [-0.4, -0.2) is 53.8 Å². The fourth-order valence-corrected chi connectivity index (χ4v) is 4.92. The molecule has 8 heteroatoms. The zero-order chi connectivity index (χ0) is 21.3. The number of carbonyl (C=O) groups excluding carboxylic acids is 2. The lowest BCUT2D eigenvalue weighted by Gasteiger charge is -2.37. The second-order valence-electron chi connectivity index (χ2n) is 7.31. The summed E-state index contributed by atoms with van der Waals surface area (Å²) in [6.07, 6.45) is 1.65. The maximum Gasteiger partial charge on any atom is 0.294 e. The minimum absolute atomic E-state index is 0.252. The first-order chi connectivity index (χ1) is 14.4. The van der Waals surface area contributed by atoms with E-state index < -0.39 is 0 Å². The Kier molecular flexibility index (Phi) is 6.39. The molecule has 2 fully saturated rings. The molecule has 5 nitrogen and oxygen atoms in total. The fraction of sp³-hybridized carbons (Fsp3) is 0.273. The molecule has 0 aromatic heterocycles. The van der Waals surface area contributed by atoms with Crippen LogP contribution in [0.15, 0.2) is 47.4 Å². The third kappa shape index (κ3) is 4.52. The molecule has 0 aliphatic carbocycles. The van der Waals surface area contributed by atoms with Gasteiger partial charge in [0.1, 0.15) is 0 Å². The van der Waals surface area contributed by atoms with E-state index in [1.165, 1.54) is 16.2 Å². The standard InChI is InChI=1S/C22H21Cl2N3O2S/c1-15-4-2-3-5-19(15)26-10-8-25(9-11-26)14-27-21(28)20(30-22(27)29)12-16-6-7-17(23)13-18(16)24/h2-7,12-13H,8-11,14H2,1H3. The molecule has 2 heterocycles. The third-order valence-electron chi connectivity index (χ3n) is 5.29. The van der Waals surface area contributed by atoms with Crippen LogP contribution in [0.1, 0.15) is 11.1 Å². The number of para-hydroxylation sites is 1. The highest BCUT2D eigenvalue weighted by atomic mass is 35.5. The molecule has 0 unspecified atom stereocenters. The molecule has 0 atom stereocenters. The molecule has 156 valence electrons. The molecule has 2 aromatic carbocycles. The summed E-state index contributed by atoms with van der Waals surface area (Å²) in [5, 5.41) is 0.717. The second-order valence-corrected chi connectivity index (χ2v) is 9.15. The highest BCUT2D eigenvalue weighted by Gasteiger charge is 2.36. The van der Waals surface area contributed by atoms with Gasteiger partial charge in [0, 0.05) is 41.9 Å². The van der Waals surface area contributed by atoms with Gasteiger partial charge in [0.2, 0.25) is 0 Å². The number of benzene rings is 2. The van der Waals surface area contributed by atoms with Gasteiger partial charge in [0.05, 0.1) is 11.6 Å². The van der Waals surface area contributed by atoms with Crippen molar-refractivity contribution in [1.29, 1.82) is 0 Å². The van der Waals surface area contributed by atoms with Crippen LogP contribution in [0, 0.1) is 6.92 Å². The SMILES string of the molecule is Cc1ccccc1N1CCN(CN2C(=O)SC(=Cc3ccc(Cl)cc3Cl)C2=O)CC1. The number of rotatable bonds is 4. The number of nitrogens with zero attached hydrogens (tertiary/aromatic N) is 3. The average Bonchev–Trinajstić information content (AvgIpc) is 2.98. The van der Waals surface area contributed by atoms with Crippen molar-refractivity contribution in [1.82, 2.24) is 9.80 Å². The number of thioether (sulfide) groups is 1. The van der Waals surface area contributed by atoms with Gasteiger partial charge in [0.25, 0.3) is 11.1 Å². The largest absolute Gasteiger partial charge is 0.369 e. The van der Waals surface area contributed by atoms with E-state index in [-0.39, 0.29) is 11.1 Å². The molecule has 0 saturated carbocycles. The van der Waals surface area contributed by atoms with Gasteiger partial charge in [-0.1, -0.05) is 47.5 Å². The van der Waals surface area contributed by atoms with E-state index in [2.05, 4.69) is 28.9 Å². The van der Waals surface area contributed by atoms with Crippen molar-refractivity contribution in [3.63, 3.8) is 0 Å². The smallest absolute Gasteiger partial charge is 0.294 e. The molecule has 0 radical (unpaired) electrons. The van der Waals surface area contributed by atoms with Crippen molar-refractivity contribution in [2.45, 2.75) is 6.92 Å². The number of imide groups is 1. The summed E-state index contributed by atoms with van der Waals surface area (Å²) in [7, 11) is 0. The molecule has 0 bridgehead atoms. The lowest BCUT2D eigenvalue weighted by atomic mass is 10.1. The van der Waals surface area contributed by atoms with Crippen LogP contribution in [0.4, 0.5) is 10.5 Å². The van der Waals surface area contributed by atoms with Crippen molar-refractivity contribution in [3.8, 4) is 0 Å². The van der Waals surface area contributed by atoms with E-state index in [4.69, 9.17) is 23.2 Å². The topological polar surface area (TPSA) is 43.9 Å². The maximum absolute atomic E-state index is 12.8. The Hall–Kier alpha value is -1.99. The molecule has 2 aromatic rings. The lowest BCUT2D eigenvalue weighted by molar-refractivity contribution is -0.124. The number of anilines is 1. The van der Waals surface area contributed by atoms with Gasteiger partial charge in [-0.15, -0.1) is 0 Å². The molecule has 0 spiro atoms. The van der Waals surface area contributed by atoms with Crippen molar-refractivity contribution < 1.29 is 9.59 Å². The minimum Gasteiger partial charge on any atom is -0.369 e. The number of halogens is 2. The van der Waals surface area contributed by atoms with Gasteiger partial charge < -0.3 is 4.90 Å². The molecule has 4 rings (SSSR count). The van der Waals surface area contributed by atoms with E-state index in [0.29, 0.717) is 27.2 Å². The number of hydrogen-bond donors (Lipinski definition) is 0. The molecule has 30 heavy (non-hydrogen) atoms. The average molecular weight is 462 g/mol. The Morgan fingerprint density at radius 3 is 2.47 bits per heavy atom. The number of amides is 2. The van der Waals surface area contributed by atoms with Gasteiger partial charge in [-0.3, -0.25) is 19.4 Å². The summed E-state index contributed by atoms with van der Waals surface area (Å²) >= 11 is 13.1. The zero-order valence-electron chi connectivity index (χ0n) is 16.5. The van der Waals surface area contributed by atoms with E-state index in [9.17, 15) is 9.59 Å². The predicted molar refractivity (Wildman–Crippen MR) is 124 cm³/mol. The molecule has 0 N–H and O–H groups in total. The van der Waals surface area contributed by atoms with E-state index in [1.807, 2.05) is 12.1 Å². The Labute approximate surface area is 190 Å². The molecular weight excluding hydrogens is 441 g/mol. The normalized spacial score (nSPS) is 19.2. The summed E-state index contributed by atoms with van der Waals surface area (Å²) in [4.78, 5) is 31.5. The molecule has 2 aliphatic heterocycles. The monoisotopic (exact) mass is 461 g/mol. The van der Waals surface area contributed by atoms with Crippen LogP contribution in [0.3, 0.4) is 0 Å². The van der Waals surface area contributed by atoms with Crippen LogP contribution >= 0.6 is 35.0 Å². The van der Waals surface area contributed by atoms with Gasteiger partial charge >= 0.3 is 0 Å². The van der Waals surface area contributed by atoms with Crippen LogP contribution in [0.25, 0.3) is 6.08 Å². The summed E-state index contributed by atoms with van der Waals surface area (Å²) in [6, 6.07) is 13.4. The third-order valence-corrected chi connectivity index (χ3v) is 6.76. The summed E-state index contributed by atoms with van der Waals surface area (Å²) in [5.41, 5.74) is 3.16. The number of hydrogen-bond acceptors (Lipinski definition) is 5. The van der Waals surface area contributed by atoms with Crippen LogP contribution in [0.2, 0.25) is 10.0 Å². The van der Waals surface area contributed by atoms with Crippen molar-refractivity contribution >= 4 is 57.9 Å². The van der Waals surface area contributed by atoms with Crippen molar-refractivity contribution in [2.75, 3.05) is 37.7 Å². The Morgan fingerprint density at radius 2 is 1.77 bits per heavy atom. The lowest BCUT2D eigenvalue weighted by Crippen LogP contribution is -2.51. The fourth-order valence-electron chi connectivity index (χ4n) is 3.63. The van der Waals surface area contributed by atoms with E-state index in [0.717, 1.165) is 37.9 Å². The molecule has 2 saturated heterocycles. The number of carbonyl (C=O) groups is 2. The van der Waals surface area contributed by atoms with E-state index in [1.54, 1.807) is 24.3 Å². The van der Waals surface area contributed by atoms with Crippen LogP contribution in [0.5, 0.6) is 0 Å². The molecule has 2 amide bonds. The highest BCUT2D eigenvalue weighted by Crippen LogP contribution is 2.34. The second kappa shape index (κ2) is 9.02. The molecule has 2 aliphatic rings. The summed E-state index contributed by atoms with van der Waals surface area (Å²) in [5.74, 6) is -0.280. The van der Waals surface area contributed by atoms with Gasteiger partial charge in [-0.05, 0) is 54.1 Å². The number of piperazine rings is 1.